The largest absolute Gasteiger partial charge is 0.480 e. The number of ether oxygens (including phenoxy) is 1. The molecule has 7 heteroatoms. The number of alkyl carbamates (subject to hydrolysis) is 1. The van der Waals surface area contributed by atoms with E-state index in [9.17, 15) is 14.7 Å². The smallest absolute Gasteiger partial charge is 0.408 e. The molecule has 3 aliphatic carbocycles. The summed E-state index contributed by atoms with van der Waals surface area (Å²) in [6, 6.07) is 4.40. The van der Waals surface area contributed by atoms with Crippen molar-refractivity contribution in [2.24, 2.45) is 5.41 Å². The third-order valence-corrected chi connectivity index (χ3v) is 5.71. The highest BCUT2D eigenvalue weighted by Crippen LogP contribution is 2.76. The summed E-state index contributed by atoms with van der Waals surface area (Å²) in [4.78, 5) is 23.7. The van der Waals surface area contributed by atoms with Gasteiger partial charge in [-0.15, -0.1) is 0 Å². The summed E-state index contributed by atoms with van der Waals surface area (Å²) < 4.78 is 5.19. The molecule has 136 valence electrons. The van der Waals surface area contributed by atoms with Crippen molar-refractivity contribution in [2.45, 2.75) is 57.1 Å². The molecule has 0 aromatic heterocycles. The fourth-order valence-electron chi connectivity index (χ4n) is 4.34. The van der Waals surface area contributed by atoms with Crippen LogP contribution >= 0.6 is 23.2 Å². The third-order valence-electron chi connectivity index (χ3n) is 5.08. The molecule has 0 radical (unpaired) electrons. The van der Waals surface area contributed by atoms with Crippen LogP contribution in [0.4, 0.5) is 4.79 Å². The molecule has 1 unspecified atom stereocenters. The van der Waals surface area contributed by atoms with E-state index < -0.39 is 29.1 Å². The van der Waals surface area contributed by atoms with Crippen LogP contribution in [0.2, 0.25) is 10.0 Å². The Morgan fingerprint density at radius 1 is 1.20 bits per heavy atom. The Balaban J connectivity index is 1.74. The second-order valence-corrected chi connectivity index (χ2v) is 9.00. The normalized spacial score (nSPS) is 28.4. The number of carboxylic acids is 1. The molecule has 0 heterocycles. The summed E-state index contributed by atoms with van der Waals surface area (Å²) in [5.41, 5.74) is -0.440. The Bertz CT molecular complexity index is 701. The highest BCUT2D eigenvalue weighted by Gasteiger charge is 2.73. The predicted octanol–water partition coefficient (Wildman–Crippen LogP) is 4.39. The van der Waals surface area contributed by atoms with Crippen molar-refractivity contribution in [1.29, 1.82) is 0 Å². The lowest BCUT2D eigenvalue weighted by molar-refractivity contribution is -0.183. The highest BCUT2D eigenvalue weighted by molar-refractivity contribution is 6.36. The fourth-order valence-corrected chi connectivity index (χ4v) is 5.14. The molecule has 3 fully saturated rings. The number of halogens is 2. The molecule has 5 nitrogen and oxygen atoms in total. The van der Waals surface area contributed by atoms with E-state index in [-0.39, 0.29) is 5.41 Å². The summed E-state index contributed by atoms with van der Waals surface area (Å²) in [6.45, 7) is 5.20. The van der Waals surface area contributed by atoms with Gasteiger partial charge in [0.25, 0.3) is 0 Å². The third kappa shape index (κ3) is 3.08. The number of carbonyl (C=O) groups is 2. The van der Waals surface area contributed by atoms with Crippen LogP contribution in [-0.4, -0.2) is 28.8 Å². The molecule has 0 spiro atoms. The summed E-state index contributed by atoms with van der Waals surface area (Å²) in [6.07, 6.45) is 1.19. The molecule has 2 N–H and O–H groups in total. The Hall–Kier alpha value is -1.46. The summed E-state index contributed by atoms with van der Waals surface area (Å²) in [5, 5.41) is 13.3. The highest BCUT2D eigenvalue weighted by atomic mass is 35.5. The molecular weight excluding hydrogens is 365 g/mol. The molecule has 25 heavy (non-hydrogen) atoms. The average molecular weight is 386 g/mol. The van der Waals surface area contributed by atoms with Gasteiger partial charge in [0.2, 0.25) is 0 Å². The Morgan fingerprint density at radius 3 is 2.16 bits per heavy atom. The number of carbonyl (C=O) groups excluding carboxylic acids is 1. The summed E-state index contributed by atoms with van der Waals surface area (Å²) >= 11 is 12.6. The zero-order valence-corrected chi connectivity index (χ0v) is 15.9. The van der Waals surface area contributed by atoms with Crippen molar-refractivity contribution in [3.63, 3.8) is 0 Å². The van der Waals surface area contributed by atoms with Crippen molar-refractivity contribution in [2.75, 3.05) is 0 Å². The lowest BCUT2D eigenvalue weighted by atomic mass is 9.31. The zero-order chi connectivity index (χ0) is 18.6. The second kappa shape index (κ2) is 5.78. The first kappa shape index (κ1) is 18.3. The average Bonchev–Trinajstić information content (AvgIpc) is 2.35. The molecule has 1 amide bonds. The first-order valence-corrected chi connectivity index (χ1v) is 8.91. The number of nitrogens with one attached hydrogen (secondary N) is 1. The van der Waals surface area contributed by atoms with Crippen molar-refractivity contribution in [3.05, 3.63) is 33.8 Å². The van der Waals surface area contributed by atoms with E-state index in [0.29, 0.717) is 29.3 Å². The molecule has 0 saturated heterocycles. The Morgan fingerprint density at radius 2 is 1.72 bits per heavy atom. The van der Waals surface area contributed by atoms with Crippen LogP contribution in [0.5, 0.6) is 0 Å². The van der Waals surface area contributed by atoms with Gasteiger partial charge in [0.15, 0.2) is 0 Å². The second-order valence-electron chi connectivity index (χ2n) is 8.19. The van der Waals surface area contributed by atoms with Gasteiger partial charge in [-0.05, 0) is 57.7 Å². The van der Waals surface area contributed by atoms with Gasteiger partial charge in [-0.2, -0.15) is 0 Å². The number of rotatable bonds is 4. The molecule has 2 bridgehead atoms. The van der Waals surface area contributed by atoms with Crippen LogP contribution in [0, 0.1) is 5.41 Å². The maximum absolute atomic E-state index is 12.0. The lowest BCUT2D eigenvalue weighted by Crippen LogP contribution is -2.73. The van der Waals surface area contributed by atoms with Crippen molar-refractivity contribution < 1.29 is 19.4 Å². The number of hydrogen-bond donors (Lipinski definition) is 2. The van der Waals surface area contributed by atoms with Gasteiger partial charge >= 0.3 is 12.1 Å². The van der Waals surface area contributed by atoms with Crippen molar-refractivity contribution >= 4 is 35.3 Å². The first-order valence-electron chi connectivity index (χ1n) is 8.15. The standard InChI is InChI=1S/C18H21Cl2NO4/c1-16(2,3)25-15(24)21-13(14(22)23)18-7-17(8-18,9-18)12-10(19)5-4-6-11(12)20/h4-6,13H,7-9H2,1-3H3,(H,21,24)(H,22,23). The van der Waals surface area contributed by atoms with E-state index in [1.807, 2.05) is 0 Å². The molecule has 3 aliphatic rings. The molecular formula is C18H21Cl2NO4. The minimum Gasteiger partial charge on any atom is -0.480 e. The van der Waals surface area contributed by atoms with Gasteiger partial charge in [0.1, 0.15) is 11.6 Å². The quantitative estimate of drug-likeness (QED) is 0.805. The van der Waals surface area contributed by atoms with Crippen molar-refractivity contribution in [3.8, 4) is 0 Å². The van der Waals surface area contributed by atoms with Gasteiger partial charge in [0, 0.05) is 20.9 Å². The number of hydrogen-bond acceptors (Lipinski definition) is 3. The monoisotopic (exact) mass is 385 g/mol. The topological polar surface area (TPSA) is 75.6 Å². The fraction of sp³-hybridized carbons (Fsp3) is 0.556. The van der Waals surface area contributed by atoms with Crippen LogP contribution in [-0.2, 0) is 14.9 Å². The number of amides is 1. The van der Waals surface area contributed by atoms with E-state index in [0.717, 1.165) is 5.56 Å². The van der Waals surface area contributed by atoms with E-state index >= 15 is 0 Å². The van der Waals surface area contributed by atoms with Gasteiger partial charge in [-0.1, -0.05) is 29.3 Å². The molecule has 1 aromatic carbocycles. The molecule has 1 atom stereocenters. The Labute approximate surface area is 156 Å². The van der Waals surface area contributed by atoms with E-state index in [1.165, 1.54) is 0 Å². The summed E-state index contributed by atoms with van der Waals surface area (Å²) in [7, 11) is 0. The van der Waals surface area contributed by atoms with Gasteiger partial charge in [-0.3, -0.25) is 0 Å². The van der Waals surface area contributed by atoms with Crippen LogP contribution < -0.4 is 5.32 Å². The van der Waals surface area contributed by atoms with Gasteiger partial charge in [0.05, 0.1) is 0 Å². The maximum Gasteiger partial charge on any atom is 0.408 e. The van der Waals surface area contributed by atoms with Gasteiger partial charge in [-0.25, -0.2) is 9.59 Å². The number of aliphatic carboxylic acids is 1. The summed E-state index contributed by atoms with van der Waals surface area (Å²) in [5.74, 6) is -1.05. The number of benzene rings is 1. The minimum atomic E-state index is -1.05. The van der Waals surface area contributed by atoms with E-state index in [2.05, 4.69) is 5.32 Å². The van der Waals surface area contributed by atoms with Crippen LogP contribution in [0.15, 0.2) is 18.2 Å². The number of carboxylic acid groups (broad SMARTS) is 1. The van der Waals surface area contributed by atoms with Crippen molar-refractivity contribution in [1.82, 2.24) is 5.32 Å². The van der Waals surface area contributed by atoms with Crippen LogP contribution in [0.1, 0.15) is 45.6 Å². The molecule has 4 rings (SSSR count). The predicted molar refractivity (Wildman–Crippen MR) is 95.2 cm³/mol. The molecule has 1 aromatic rings. The Kier molecular flexibility index (Phi) is 4.24. The van der Waals surface area contributed by atoms with Crippen LogP contribution in [0.3, 0.4) is 0 Å². The van der Waals surface area contributed by atoms with Gasteiger partial charge < -0.3 is 15.2 Å². The first-order chi connectivity index (χ1) is 11.5. The van der Waals surface area contributed by atoms with E-state index in [1.54, 1.807) is 39.0 Å². The maximum atomic E-state index is 12.0. The molecule has 3 saturated carbocycles. The SMILES string of the molecule is CC(C)(C)OC(=O)NC(C(=O)O)C12CC(c3c(Cl)cccc3Cl)(C1)C2. The minimum absolute atomic E-state index is 0.182. The lowest BCUT2D eigenvalue weighted by Gasteiger charge is -2.72. The van der Waals surface area contributed by atoms with Crippen LogP contribution in [0.25, 0.3) is 0 Å². The zero-order valence-electron chi connectivity index (χ0n) is 14.4. The molecule has 0 aliphatic heterocycles. The van der Waals surface area contributed by atoms with E-state index in [4.69, 9.17) is 27.9 Å².